The van der Waals surface area contributed by atoms with E-state index in [0.29, 0.717) is 0 Å². The van der Waals surface area contributed by atoms with Crippen LogP contribution in [0, 0.1) is 0 Å². The van der Waals surface area contributed by atoms with Crippen LogP contribution in [0.4, 0.5) is 0 Å². The summed E-state index contributed by atoms with van der Waals surface area (Å²) in [6.45, 7) is 0.845. The Kier molecular flexibility index (Phi) is 4.59. The fourth-order valence-corrected chi connectivity index (χ4v) is 2.78. The molecule has 1 fully saturated rings. The van der Waals surface area contributed by atoms with Gasteiger partial charge in [0.25, 0.3) is 0 Å². The fourth-order valence-electron chi connectivity index (χ4n) is 2.78. The number of hydrogen-bond donors (Lipinski definition) is 2. The van der Waals surface area contributed by atoms with Crippen molar-refractivity contribution in [3.63, 3.8) is 0 Å². The smallest absolute Gasteiger partial charge is 0.0829 e. The highest BCUT2D eigenvalue weighted by atomic mass is 16.5. The number of nitrogens with zero attached hydrogens (tertiary/aromatic N) is 3. The molecule has 1 aliphatic rings. The van der Waals surface area contributed by atoms with Crippen LogP contribution in [0.3, 0.4) is 0 Å². The second-order valence-electron chi connectivity index (χ2n) is 5.35. The van der Waals surface area contributed by atoms with E-state index in [9.17, 15) is 0 Å². The van der Waals surface area contributed by atoms with E-state index in [0.717, 1.165) is 37.3 Å². The van der Waals surface area contributed by atoms with Gasteiger partial charge < -0.3 is 4.74 Å². The van der Waals surface area contributed by atoms with Gasteiger partial charge in [0, 0.05) is 6.61 Å². The second-order valence-corrected chi connectivity index (χ2v) is 5.35. The van der Waals surface area contributed by atoms with E-state index in [2.05, 4.69) is 15.7 Å². The minimum atomic E-state index is -0.0247. The Morgan fingerprint density at radius 3 is 2.90 bits per heavy atom. The summed E-state index contributed by atoms with van der Waals surface area (Å²) in [5.41, 5.74) is 4.82. The first-order valence-corrected chi connectivity index (χ1v) is 7.42. The van der Waals surface area contributed by atoms with Gasteiger partial charge in [-0.2, -0.15) is 0 Å². The normalized spacial score (nSPS) is 20.3. The summed E-state index contributed by atoms with van der Waals surface area (Å²) in [7, 11) is 0. The van der Waals surface area contributed by atoms with Crippen molar-refractivity contribution in [2.24, 2.45) is 5.84 Å². The summed E-state index contributed by atoms with van der Waals surface area (Å²) in [4.78, 5) is 0. The Morgan fingerprint density at radius 2 is 2.19 bits per heavy atom. The van der Waals surface area contributed by atoms with Gasteiger partial charge in [-0.3, -0.25) is 11.3 Å². The minimum absolute atomic E-state index is 0.0247. The number of hydrazine groups is 1. The lowest BCUT2D eigenvalue weighted by atomic mass is 10.0. The number of benzene rings is 1. The van der Waals surface area contributed by atoms with E-state index in [1.54, 1.807) is 6.20 Å². The first-order chi connectivity index (χ1) is 10.4. The highest BCUT2D eigenvalue weighted by Gasteiger charge is 2.23. The van der Waals surface area contributed by atoms with Gasteiger partial charge in [0.2, 0.25) is 0 Å². The lowest BCUT2D eigenvalue weighted by Crippen LogP contribution is -2.34. The molecule has 2 unspecified atom stereocenters. The molecule has 1 aromatic heterocycles. The molecule has 2 atom stereocenters. The molecule has 0 bridgehead atoms. The van der Waals surface area contributed by atoms with Crippen LogP contribution in [0.25, 0.3) is 5.69 Å². The zero-order valence-corrected chi connectivity index (χ0v) is 12.0. The fraction of sp³-hybridized carbons (Fsp3) is 0.467. The van der Waals surface area contributed by atoms with Crippen molar-refractivity contribution >= 4 is 0 Å². The van der Waals surface area contributed by atoms with Crippen molar-refractivity contribution in [2.45, 2.75) is 37.8 Å². The van der Waals surface area contributed by atoms with Gasteiger partial charge in [-0.05, 0) is 37.8 Å². The second kappa shape index (κ2) is 6.80. The van der Waals surface area contributed by atoms with Crippen LogP contribution < -0.4 is 11.3 Å². The number of ether oxygens (including phenoxy) is 1. The van der Waals surface area contributed by atoms with Gasteiger partial charge in [0.15, 0.2) is 0 Å². The van der Waals surface area contributed by atoms with Crippen LogP contribution in [-0.2, 0) is 4.74 Å². The van der Waals surface area contributed by atoms with Crippen molar-refractivity contribution in [1.29, 1.82) is 0 Å². The molecule has 6 heteroatoms. The monoisotopic (exact) mass is 287 g/mol. The average molecular weight is 287 g/mol. The third-order valence-corrected chi connectivity index (χ3v) is 3.91. The van der Waals surface area contributed by atoms with Crippen LogP contribution in [0.1, 0.15) is 37.4 Å². The Hall–Kier alpha value is -1.76. The number of aromatic nitrogens is 3. The maximum absolute atomic E-state index is 5.81. The van der Waals surface area contributed by atoms with E-state index >= 15 is 0 Å². The molecule has 1 aliphatic heterocycles. The molecule has 112 valence electrons. The predicted molar refractivity (Wildman–Crippen MR) is 79.6 cm³/mol. The maximum atomic E-state index is 5.81. The molecule has 0 aliphatic carbocycles. The number of nitrogens with one attached hydrogen (secondary N) is 1. The van der Waals surface area contributed by atoms with Gasteiger partial charge in [-0.15, -0.1) is 5.10 Å². The quantitative estimate of drug-likeness (QED) is 0.647. The molecule has 2 aromatic rings. The molecule has 1 aromatic carbocycles. The molecule has 0 spiro atoms. The van der Waals surface area contributed by atoms with Crippen molar-refractivity contribution < 1.29 is 4.74 Å². The number of nitrogens with two attached hydrogens (primary N) is 1. The molecule has 0 amide bonds. The van der Waals surface area contributed by atoms with Crippen molar-refractivity contribution in [3.8, 4) is 5.69 Å². The number of para-hydroxylation sites is 1. The largest absolute Gasteiger partial charge is 0.378 e. The summed E-state index contributed by atoms with van der Waals surface area (Å²) in [6, 6.07) is 9.93. The average Bonchev–Trinajstić information content (AvgIpc) is 3.04. The Balaban J connectivity index is 1.79. The highest BCUT2D eigenvalue weighted by molar-refractivity contribution is 5.32. The van der Waals surface area contributed by atoms with E-state index in [4.69, 9.17) is 10.6 Å². The molecule has 2 heterocycles. The van der Waals surface area contributed by atoms with E-state index < -0.39 is 0 Å². The van der Waals surface area contributed by atoms with Crippen molar-refractivity contribution in [1.82, 2.24) is 20.4 Å². The van der Waals surface area contributed by atoms with Crippen molar-refractivity contribution in [3.05, 3.63) is 42.2 Å². The third-order valence-electron chi connectivity index (χ3n) is 3.91. The van der Waals surface area contributed by atoms with E-state index in [-0.39, 0.29) is 12.1 Å². The third kappa shape index (κ3) is 3.29. The molecule has 6 nitrogen and oxygen atoms in total. The number of rotatable bonds is 5. The van der Waals surface area contributed by atoms with Gasteiger partial charge in [-0.1, -0.05) is 23.4 Å². The SMILES string of the molecule is NNC(CC1CCCCO1)c1cnnn1-c1ccccc1. The molecular weight excluding hydrogens is 266 g/mol. The summed E-state index contributed by atoms with van der Waals surface area (Å²) in [6.07, 6.45) is 6.31. The van der Waals surface area contributed by atoms with Gasteiger partial charge in [0.05, 0.1) is 29.7 Å². The Morgan fingerprint density at radius 1 is 1.33 bits per heavy atom. The first-order valence-electron chi connectivity index (χ1n) is 7.42. The Labute approximate surface area is 124 Å². The van der Waals surface area contributed by atoms with Crippen LogP contribution in [0.5, 0.6) is 0 Å². The summed E-state index contributed by atoms with van der Waals surface area (Å²) in [5.74, 6) is 5.75. The predicted octanol–water partition coefficient (Wildman–Crippen LogP) is 1.73. The summed E-state index contributed by atoms with van der Waals surface area (Å²) in [5, 5.41) is 8.22. The minimum Gasteiger partial charge on any atom is -0.378 e. The summed E-state index contributed by atoms with van der Waals surface area (Å²) < 4.78 is 7.64. The van der Waals surface area contributed by atoms with Crippen molar-refractivity contribution in [2.75, 3.05) is 6.61 Å². The number of hydrogen-bond acceptors (Lipinski definition) is 5. The highest BCUT2D eigenvalue weighted by Crippen LogP contribution is 2.25. The molecule has 21 heavy (non-hydrogen) atoms. The topological polar surface area (TPSA) is 78.0 Å². The zero-order chi connectivity index (χ0) is 14.5. The lowest BCUT2D eigenvalue weighted by molar-refractivity contribution is 0.00463. The molecular formula is C15H21N5O. The molecule has 1 saturated heterocycles. The molecule has 0 radical (unpaired) electrons. The van der Waals surface area contributed by atoms with Crippen LogP contribution in [0.2, 0.25) is 0 Å². The van der Waals surface area contributed by atoms with Crippen LogP contribution in [0.15, 0.2) is 36.5 Å². The summed E-state index contributed by atoms with van der Waals surface area (Å²) >= 11 is 0. The molecule has 3 rings (SSSR count). The van der Waals surface area contributed by atoms with Gasteiger partial charge in [-0.25, -0.2) is 4.68 Å². The first kappa shape index (κ1) is 14.2. The van der Waals surface area contributed by atoms with Crippen LogP contribution in [-0.4, -0.2) is 27.7 Å². The lowest BCUT2D eigenvalue weighted by Gasteiger charge is -2.26. The standard InChI is InChI=1S/C15H21N5O/c16-18-14(10-13-8-4-5-9-21-13)15-11-17-19-20(15)12-6-2-1-3-7-12/h1-3,6-7,11,13-14,18H,4-5,8-10,16H2. The molecule has 0 saturated carbocycles. The molecule has 3 N–H and O–H groups in total. The maximum Gasteiger partial charge on any atom is 0.0829 e. The van der Waals surface area contributed by atoms with E-state index in [1.165, 1.54) is 6.42 Å². The van der Waals surface area contributed by atoms with E-state index in [1.807, 2.05) is 35.0 Å². The Bertz CT molecular complexity index is 550. The van der Waals surface area contributed by atoms with Gasteiger partial charge >= 0.3 is 0 Å². The van der Waals surface area contributed by atoms with Gasteiger partial charge in [0.1, 0.15) is 0 Å². The zero-order valence-electron chi connectivity index (χ0n) is 12.0. The van der Waals surface area contributed by atoms with Crippen LogP contribution >= 0.6 is 0 Å².